The van der Waals surface area contributed by atoms with Crippen LogP contribution in [0.5, 0.6) is 0 Å². The van der Waals surface area contributed by atoms with E-state index in [1.54, 1.807) is 6.07 Å². The Hall–Kier alpha value is -1.38. The van der Waals surface area contributed by atoms with Crippen molar-refractivity contribution in [3.8, 4) is 0 Å². The van der Waals surface area contributed by atoms with Crippen LogP contribution in [0.25, 0.3) is 0 Å². The monoisotopic (exact) mass is 234 g/mol. The lowest BCUT2D eigenvalue weighted by Crippen LogP contribution is -2.25. The molecule has 1 aromatic carbocycles. The number of hydrogen-bond donors (Lipinski definition) is 1. The van der Waals surface area contributed by atoms with Crippen LogP contribution in [0.2, 0.25) is 0 Å². The predicted molar refractivity (Wildman–Crippen MR) is 68.9 cm³/mol. The van der Waals surface area contributed by atoms with E-state index in [1.807, 2.05) is 12.1 Å². The van der Waals surface area contributed by atoms with Gasteiger partial charge in [0.05, 0.1) is 5.84 Å². The van der Waals surface area contributed by atoms with Gasteiger partial charge in [-0.15, -0.1) is 0 Å². The van der Waals surface area contributed by atoms with Gasteiger partial charge in [0.15, 0.2) is 0 Å². The maximum Gasteiger partial charge on any atom is 0.126 e. The van der Waals surface area contributed by atoms with Gasteiger partial charge in [0.2, 0.25) is 0 Å². The van der Waals surface area contributed by atoms with Crippen molar-refractivity contribution in [2.24, 2.45) is 4.99 Å². The number of hydrogen-bond acceptors (Lipinski definition) is 2. The smallest absolute Gasteiger partial charge is 0.126 e. The molecule has 0 aliphatic carbocycles. The molecule has 1 N–H and O–H groups in total. The third-order valence-corrected chi connectivity index (χ3v) is 3.06. The maximum atomic E-state index is 13.4. The summed E-state index contributed by atoms with van der Waals surface area (Å²) in [5.74, 6) is 0.982. The molecule has 17 heavy (non-hydrogen) atoms. The van der Waals surface area contributed by atoms with E-state index >= 15 is 0 Å². The Kier molecular flexibility index (Phi) is 4.54. The van der Waals surface area contributed by atoms with E-state index in [0.29, 0.717) is 6.42 Å². The fourth-order valence-electron chi connectivity index (χ4n) is 2.06. The Morgan fingerprint density at radius 2 is 2.06 bits per heavy atom. The number of benzene rings is 1. The minimum absolute atomic E-state index is 0.114. The van der Waals surface area contributed by atoms with Crippen molar-refractivity contribution in [3.05, 3.63) is 35.6 Å². The van der Waals surface area contributed by atoms with E-state index in [0.717, 1.165) is 30.9 Å². The SMILES string of the molecule is Fc1ccccc1CCNC1=NCCCCC1. The van der Waals surface area contributed by atoms with Gasteiger partial charge in [0, 0.05) is 19.5 Å². The van der Waals surface area contributed by atoms with Crippen LogP contribution < -0.4 is 5.32 Å². The number of nitrogens with one attached hydrogen (secondary N) is 1. The third kappa shape index (κ3) is 3.84. The van der Waals surface area contributed by atoms with Crippen LogP contribution in [0.1, 0.15) is 31.2 Å². The van der Waals surface area contributed by atoms with Gasteiger partial charge in [-0.3, -0.25) is 4.99 Å². The lowest BCUT2D eigenvalue weighted by molar-refractivity contribution is 0.607. The van der Waals surface area contributed by atoms with Gasteiger partial charge < -0.3 is 5.32 Å². The van der Waals surface area contributed by atoms with Crippen LogP contribution in [-0.2, 0) is 6.42 Å². The molecule has 0 spiro atoms. The molecule has 0 saturated carbocycles. The molecule has 1 heterocycles. The predicted octanol–water partition coefficient (Wildman–Crippen LogP) is 2.93. The van der Waals surface area contributed by atoms with Gasteiger partial charge in [-0.25, -0.2) is 4.39 Å². The summed E-state index contributed by atoms with van der Waals surface area (Å²) in [5.41, 5.74) is 0.772. The van der Waals surface area contributed by atoms with E-state index < -0.39 is 0 Å². The van der Waals surface area contributed by atoms with Crippen molar-refractivity contribution in [1.29, 1.82) is 0 Å². The third-order valence-electron chi connectivity index (χ3n) is 3.06. The quantitative estimate of drug-likeness (QED) is 0.854. The van der Waals surface area contributed by atoms with Crippen LogP contribution in [-0.4, -0.2) is 18.9 Å². The number of amidine groups is 1. The summed E-state index contributed by atoms with van der Waals surface area (Å²) in [5, 5.41) is 3.32. The second-order valence-corrected chi connectivity index (χ2v) is 4.41. The molecule has 2 nitrogen and oxygen atoms in total. The molecule has 0 saturated heterocycles. The van der Waals surface area contributed by atoms with Crippen LogP contribution in [0.15, 0.2) is 29.3 Å². The molecule has 0 atom stereocenters. The first kappa shape index (κ1) is 12.1. The molecular weight excluding hydrogens is 215 g/mol. The zero-order chi connectivity index (χ0) is 11.9. The van der Waals surface area contributed by atoms with E-state index in [2.05, 4.69) is 10.3 Å². The first-order chi connectivity index (χ1) is 8.36. The molecule has 2 rings (SSSR count). The zero-order valence-corrected chi connectivity index (χ0v) is 10.1. The highest BCUT2D eigenvalue weighted by Gasteiger charge is 2.04. The summed E-state index contributed by atoms with van der Waals surface area (Å²) in [6.45, 7) is 1.70. The average molecular weight is 234 g/mol. The van der Waals surface area contributed by atoms with Gasteiger partial charge >= 0.3 is 0 Å². The molecule has 0 unspecified atom stereocenters. The minimum atomic E-state index is -0.114. The normalized spacial score (nSPS) is 16.2. The van der Waals surface area contributed by atoms with Crippen LogP contribution in [0.4, 0.5) is 4.39 Å². The average Bonchev–Trinajstić information content (AvgIpc) is 2.60. The second-order valence-electron chi connectivity index (χ2n) is 4.41. The van der Waals surface area contributed by atoms with Crippen molar-refractivity contribution in [2.75, 3.05) is 13.1 Å². The fourth-order valence-corrected chi connectivity index (χ4v) is 2.06. The number of rotatable bonds is 3. The van der Waals surface area contributed by atoms with Gasteiger partial charge in [0.1, 0.15) is 5.82 Å². The van der Waals surface area contributed by atoms with Crippen molar-refractivity contribution < 1.29 is 4.39 Å². The van der Waals surface area contributed by atoms with E-state index in [9.17, 15) is 4.39 Å². The summed E-state index contributed by atoms with van der Waals surface area (Å²) in [7, 11) is 0. The molecular formula is C14H19FN2. The lowest BCUT2D eigenvalue weighted by atomic mass is 10.1. The molecule has 1 aliphatic heterocycles. The second kappa shape index (κ2) is 6.38. The Morgan fingerprint density at radius 3 is 2.94 bits per heavy atom. The van der Waals surface area contributed by atoms with Gasteiger partial charge in [-0.1, -0.05) is 24.6 Å². The van der Waals surface area contributed by atoms with Crippen molar-refractivity contribution in [3.63, 3.8) is 0 Å². The van der Waals surface area contributed by atoms with Crippen molar-refractivity contribution >= 4 is 5.84 Å². The van der Waals surface area contributed by atoms with Crippen molar-refractivity contribution in [1.82, 2.24) is 5.32 Å². The van der Waals surface area contributed by atoms with E-state index in [-0.39, 0.29) is 5.82 Å². The number of nitrogens with zero attached hydrogens (tertiary/aromatic N) is 1. The molecule has 3 heteroatoms. The molecule has 0 bridgehead atoms. The van der Waals surface area contributed by atoms with Crippen LogP contribution >= 0.6 is 0 Å². The minimum Gasteiger partial charge on any atom is -0.374 e. The molecule has 1 aromatic rings. The van der Waals surface area contributed by atoms with Gasteiger partial charge in [-0.2, -0.15) is 0 Å². The Labute approximate surface area is 102 Å². The highest BCUT2D eigenvalue weighted by molar-refractivity contribution is 5.82. The van der Waals surface area contributed by atoms with E-state index in [1.165, 1.54) is 25.3 Å². The number of halogens is 1. The maximum absolute atomic E-state index is 13.4. The molecule has 0 radical (unpaired) electrons. The summed E-state index contributed by atoms with van der Waals surface area (Å²) in [6.07, 6.45) is 5.43. The standard InChI is InChI=1S/C14H19FN2/c15-13-7-4-3-6-12(13)9-11-17-14-8-2-1-5-10-16-14/h3-4,6-7H,1-2,5,8-11H2,(H,16,17). The van der Waals surface area contributed by atoms with Gasteiger partial charge in [-0.05, 0) is 30.9 Å². The van der Waals surface area contributed by atoms with Crippen LogP contribution in [0, 0.1) is 5.82 Å². The first-order valence-electron chi connectivity index (χ1n) is 6.37. The Bertz CT molecular complexity index is 388. The topological polar surface area (TPSA) is 24.4 Å². The highest BCUT2D eigenvalue weighted by Crippen LogP contribution is 2.08. The Morgan fingerprint density at radius 1 is 1.18 bits per heavy atom. The largest absolute Gasteiger partial charge is 0.374 e. The molecule has 92 valence electrons. The van der Waals surface area contributed by atoms with Crippen molar-refractivity contribution in [2.45, 2.75) is 32.1 Å². The molecule has 0 amide bonds. The zero-order valence-electron chi connectivity index (χ0n) is 10.1. The Balaban J connectivity index is 1.79. The summed E-state index contributed by atoms with van der Waals surface area (Å²) >= 11 is 0. The molecule has 0 fully saturated rings. The van der Waals surface area contributed by atoms with Gasteiger partial charge in [0.25, 0.3) is 0 Å². The summed E-state index contributed by atoms with van der Waals surface area (Å²) in [6, 6.07) is 6.95. The van der Waals surface area contributed by atoms with Crippen LogP contribution in [0.3, 0.4) is 0 Å². The highest BCUT2D eigenvalue weighted by atomic mass is 19.1. The fraction of sp³-hybridized carbons (Fsp3) is 0.500. The molecule has 1 aliphatic rings. The first-order valence-corrected chi connectivity index (χ1v) is 6.37. The summed E-state index contributed by atoms with van der Waals surface area (Å²) < 4.78 is 13.4. The lowest BCUT2D eigenvalue weighted by Gasteiger charge is -2.08. The van der Waals surface area contributed by atoms with E-state index in [4.69, 9.17) is 0 Å². The molecule has 0 aromatic heterocycles. The summed E-state index contributed by atoms with van der Waals surface area (Å²) in [4.78, 5) is 4.49. The number of aliphatic imine (C=N–C) groups is 1.